The van der Waals surface area contributed by atoms with Crippen LogP contribution in [0.5, 0.6) is 0 Å². The van der Waals surface area contributed by atoms with Gasteiger partial charge in [0, 0.05) is 24.6 Å². The summed E-state index contributed by atoms with van der Waals surface area (Å²) < 4.78 is 83.8. The Morgan fingerprint density at radius 3 is 0.811 bits per heavy atom. The van der Waals surface area contributed by atoms with Crippen molar-refractivity contribution in [1.29, 1.82) is 0 Å². The minimum Gasteiger partial charge on any atom is -1.00 e. The van der Waals surface area contributed by atoms with Crippen LogP contribution >= 0.6 is 9.69 Å². The van der Waals surface area contributed by atoms with E-state index in [1.54, 1.807) is 0 Å². The second-order valence-electron chi connectivity index (χ2n) is 16.8. The molecular weight excluding hydrogens is 1180 g/mol. The fourth-order valence-corrected chi connectivity index (χ4v) is 8.82. The van der Waals surface area contributed by atoms with Gasteiger partial charge < -0.3 is 39.6 Å². The van der Waals surface area contributed by atoms with Crippen molar-refractivity contribution >= 4 is 37.3 Å². The molecule has 0 unspecified atom stereocenters. The summed E-state index contributed by atoms with van der Waals surface area (Å²) in [5.74, 6) is 0. The Hall–Kier alpha value is -3.62. The Labute approximate surface area is 471 Å². The van der Waals surface area contributed by atoms with Gasteiger partial charge in [0.15, 0.2) is 0 Å². The quantitative estimate of drug-likeness (QED) is 0.0715. The minimum absolute atomic E-state index is 0. The van der Waals surface area contributed by atoms with Crippen molar-refractivity contribution in [3.63, 3.8) is 0 Å². The second kappa shape index (κ2) is 38.9. The van der Waals surface area contributed by atoms with Crippen LogP contribution in [0.1, 0.15) is 102 Å². The Bertz CT molecular complexity index is 2450. The summed E-state index contributed by atoms with van der Waals surface area (Å²) in [5.41, 5.74) is 18.0. The standard InChI is InChI=1S/2C16H19N2O2S.2C11H16.2CH3.BF3.ClH.FH.2Ru/c2*1-17-15(13-9-5-3-6-10-13)16(18-21(2,19)20)14-11-7-4-8-12-14;2*1-7-6-8(2)10(4)11(5)9(7)3;;;2-1(3)4;;;;/h2*3-12,15-17H,1-2H3;2*6H,1-5H3;2*1H3;;2*1H;;/q2*-1;;;2*-1;;;;2*+4/p-2/t2*15-,16-;;;;;;;;;/m00........./s1. The van der Waals surface area contributed by atoms with Crippen LogP contribution in [0, 0.1) is 84.1 Å². The molecule has 18 heteroatoms. The smallest absolute Gasteiger partial charge is 1.00 e. The molecule has 0 saturated heterocycles. The molecule has 0 spiro atoms. The first kappa shape index (κ1) is 76.9. The van der Waals surface area contributed by atoms with Gasteiger partial charge in [-0.3, -0.25) is 12.9 Å². The first-order valence-electron chi connectivity index (χ1n) is 22.3. The Balaban J connectivity index is -0.000000433. The van der Waals surface area contributed by atoms with E-state index >= 15 is 0 Å². The van der Waals surface area contributed by atoms with Gasteiger partial charge in [-0.25, -0.2) is 16.8 Å². The molecule has 0 heterocycles. The van der Waals surface area contributed by atoms with Gasteiger partial charge in [-0.2, -0.15) is 0 Å². The molecule has 0 aromatic heterocycles. The minimum atomic E-state index is -3.67. The molecule has 2 N–H and O–H groups in total. The number of aryl methyl sites for hydroxylation is 4. The Morgan fingerprint density at radius 1 is 0.446 bits per heavy atom. The third-order valence-electron chi connectivity index (χ3n) is 11.9. The molecule has 6 rings (SSSR count). The number of nitrogens with one attached hydrogen (secondary N) is 2. The molecule has 0 fully saturated rings. The molecule has 6 aromatic rings. The summed E-state index contributed by atoms with van der Waals surface area (Å²) in [6.45, 7) is 21.9. The van der Waals surface area contributed by atoms with Crippen LogP contribution in [0.25, 0.3) is 9.44 Å². The molecule has 0 amide bonds. The van der Waals surface area contributed by atoms with Crippen molar-refractivity contribution in [2.45, 2.75) is 93.4 Å². The molecule has 0 bridgehead atoms. The SMILES string of the molecule is CN[C@@H](c1ccccc1)[C@@H]([N-]S(C)(=O)=O)c1ccccc1.CN[C@@H](c1ccccc1)[C@@H]([N-]S(C)(=O)=O)c1ccccc1.Cc1cc(C)c(C)c(C)c1C.Cc1cc(C)c(C)c(C)c1C.FB(F)F.[CH3-].[CH3-].[Cl][Ru+3].[F-].[Ru+4]. The van der Waals surface area contributed by atoms with Crippen molar-refractivity contribution in [3.8, 4) is 0 Å². The first-order chi connectivity index (χ1) is 32.8. The predicted molar refractivity (Wildman–Crippen MR) is 299 cm³/mol. The van der Waals surface area contributed by atoms with Gasteiger partial charge in [-0.1, -0.05) is 157 Å². The average Bonchev–Trinajstić information content (AvgIpc) is 3.33. The van der Waals surface area contributed by atoms with E-state index in [4.69, 9.17) is 0 Å². The van der Waals surface area contributed by atoms with Crippen LogP contribution in [0.3, 0.4) is 0 Å². The van der Waals surface area contributed by atoms with Crippen molar-refractivity contribution in [1.82, 2.24) is 10.6 Å². The van der Waals surface area contributed by atoms with E-state index in [0.717, 1.165) is 34.8 Å². The van der Waals surface area contributed by atoms with Crippen LogP contribution in [0.15, 0.2) is 133 Å². The zero-order chi connectivity index (χ0) is 53.4. The molecule has 0 saturated carbocycles. The van der Waals surface area contributed by atoms with Crippen molar-refractivity contribution in [2.75, 3.05) is 26.6 Å². The van der Waals surface area contributed by atoms with Crippen molar-refractivity contribution in [2.24, 2.45) is 0 Å². The van der Waals surface area contributed by atoms with E-state index in [0.29, 0.717) is 0 Å². The number of nitrogens with zero attached hydrogens (tertiary/aromatic N) is 2. The largest absolute Gasteiger partial charge is 4.00 e. The summed E-state index contributed by atoms with van der Waals surface area (Å²) in [5, 5.41) is 6.36. The predicted octanol–water partition coefficient (Wildman–Crippen LogP) is 12.0. The molecule has 74 heavy (non-hydrogen) atoms. The normalized spacial score (nSPS) is 11.8. The van der Waals surface area contributed by atoms with Gasteiger partial charge in [-0.05, 0) is 150 Å². The maximum atomic E-state index is 11.7. The Morgan fingerprint density at radius 2 is 0.635 bits per heavy atom. The number of hydrogen-bond donors (Lipinski definition) is 2. The molecule has 0 radical (unpaired) electrons. The van der Waals surface area contributed by atoms with E-state index in [1.165, 1.54) is 55.6 Å². The molecule has 0 aliphatic heterocycles. The average molecular weight is 1260 g/mol. The van der Waals surface area contributed by atoms with Gasteiger partial charge in [-0.15, -0.1) is 0 Å². The van der Waals surface area contributed by atoms with Crippen LogP contribution < -0.4 is 15.3 Å². The number of sulfonamides is 2. The fraction of sp³-hybridized carbons (Fsp3) is 0.321. The summed E-state index contributed by atoms with van der Waals surface area (Å²) >= 11 is 1.82. The van der Waals surface area contributed by atoms with Gasteiger partial charge in [0.2, 0.25) is 0 Å². The van der Waals surface area contributed by atoms with E-state index in [2.05, 4.69) is 111 Å². The van der Waals surface area contributed by atoms with E-state index < -0.39 is 39.7 Å². The summed E-state index contributed by atoms with van der Waals surface area (Å²) in [4.78, 5) is 0. The first-order valence-corrected chi connectivity index (χ1v) is 28.3. The number of likely N-dealkylation sites (N-methyl/N-ethyl adjacent to an activating group) is 2. The Kier molecular flexibility index (Phi) is 40.4. The van der Waals surface area contributed by atoms with Gasteiger partial charge in [0.05, 0.1) is 20.0 Å². The number of hydrogen-bond acceptors (Lipinski definition) is 6. The molecule has 4 atom stereocenters. The monoisotopic (exact) mass is 1260 g/mol. The van der Waals surface area contributed by atoms with Gasteiger partial charge in [0.25, 0.3) is 0 Å². The molecule has 0 aliphatic rings. The topological polar surface area (TPSA) is 121 Å². The summed E-state index contributed by atoms with van der Waals surface area (Å²) in [6, 6.07) is 41.5. The molecule has 6 aromatic carbocycles. The van der Waals surface area contributed by atoms with E-state index in [1.807, 2.05) is 153 Å². The van der Waals surface area contributed by atoms with E-state index in [-0.39, 0.29) is 51.1 Å². The molecule has 0 aliphatic carbocycles. The number of halogens is 5. The third-order valence-corrected chi connectivity index (χ3v) is 13.2. The van der Waals surface area contributed by atoms with Crippen LogP contribution in [-0.4, -0.2) is 51.0 Å². The summed E-state index contributed by atoms with van der Waals surface area (Å²) in [6.07, 6.45) is 2.25. The maximum Gasteiger partial charge on any atom is 4.00 e. The summed E-state index contributed by atoms with van der Waals surface area (Å²) in [7, 11) is -2.38. The number of benzene rings is 6. The molecule has 8 nitrogen and oxygen atoms in total. The van der Waals surface area contributed by atoms with E-state index in [9.17, 15) is 29.8 Å². The van der Waals surface area contributed by atoms with Gasteiger partial charge >= 0.3 is 54.0 Å². The maximum absolute atomic E-state index is 11.7. The van der Waals surface area contributed by atoms with Crippen LogP contribution in [-0.2, 0) is 56.8 Å². The molecular formula is C56H76BClF4N4O4Ru2S2+2. The molecule has 408 valence electrons. The van der Waals surface area contributed by atoms with Crippen molar-refractivity contribution in [3.05, 3.63) is 236 Å². The zero-order valence-corrected chi connectivity index (χ0v) is 51.4. The fourth-order valence-electron chi connectivity index (χ4n) is 7.50. The number of rotatable bonds is 12. The third kappa shape index (κ3) is 27.4. The van der Waals surface area contributed by atoms with Crippen molar-refractivity contribution < 1.29 is 71.3 Å². The van der Waals surface area contributed by atoms with Crippen LogP contribution in [0.2, 0.25) is 0 Å². The van der Waals surface area contributed by atoms with Gasteiger partial charge in [0.1, 0.15) is 0 Å². The van der Waals surface area contributed by atoms with Crippen LogP contribution in [0.4, 0.5) is 12.9 Å². The second-order valence-corrected chi connectivity index (χ2v) is 20.1. The zero-order valence-electron chi connectivity index (χ0n) is 45.5.